The Morgan fingerprint density at radius 1 is 0.793 bits per heavy atom. The van der Waals surface area contributed by atoms with Gasteiger partial charge in [0.1, 0.15) is 0 Å². The van der Waals surface area contributed by atoms with Gasteiger partial charge in [-0.25, -0.2) is 0 Å². The molecule has 2 atom stereocenters. The van der Waals surface area contributed by atoms with Gasteiger partial charge in [0.25, 0.3) is 0 Å². The van der Waals surface area contributed by atoms with Gasteiger partial charge in [0.2, 0.25) is 0 Å². The second-order valence-corrected chi connectivity index (χ2v) is 16.4. The molecule has 4 rings (SSSR count). The summed E-state index contributed by atoms with van der Waals surface area (Å²) < 4.78 is 1.16. The van der Waals surface area contributed by atoms with E-state index in [2.05, 4.69) is 81.6 Å². The summed E-state index contributed by atoms with van der Waals surface area (Å²) in [6.45, 7) is 0. The number of allylic oxidation sites excluding steroid dienone is 1. The smallest absolute Gasteiger partial charge is 0.0643 e. The molecule has 3 aliphatic rings. The largest absolute Gasteiger partial charge is 0.0792 e. The first-order valence-electron chi connectivity index (χ1n) is 11.6. The fourth-order valence-corrected chi connectivity index (χ4v) is 15.7. The maximum absolute atomic E-state index is 3.02. The summed E-state index contributed by atoms with van der Waals surface area (Å²) in [6, 6.07) is 11.2. The van der Waals surface area contributed by atoms with Crippen LogP contribution >= 0.6 is 53.1 Å². The fourth-order valence-electron chi connectivity index (χ4n) is 5.86. The molecular weight excluding hydrogens is 686 g/mol. The van der Waals surface area contributed by atoms with Crippen molar-refractivity contribution in [3.05, 3.63) is 41.5 Å². The molecule has 3 saturated carbocycles. The number of hydrogen-bond acceptors (Lipinski definition) is 0. The summed E-state index contributed by atoms with van der Waals surface area (Å²) in [5.41, 5.74) is 5.28. The Kier molecular flexibility index (Phi) is 10.5. The van der Waals surface area contributed by atoms with Crippen molar-refractivity contribution < 1.29 is 19.5 Å². The summed E-state index contributed by atoms with van der Waals surface area (Å²) in [6.07, 6.45) is 21.9. The van der Waals surface area contributed by atoms with Crippen LogP contribution in [0.5, 0.6) is 0 Å². The number of halogens is 2. The van der Waals surface area contributed by atoms with Crippen molar-refractivity contribution in [2.24, 2.45) is 0 Å². The molecule has 0 amide bonds. The Hall–Kier alpha value is 1.47. The van der Waals surface area contributed by atoms with Gasteiger partial charge in [-0.05, 0) is 61.0 Å². The van der Waals surface area contributed by atoms with Gasteiger partial charge in [0.15, 0.2) is 0 Å². The minimum absolute atomic E-state index is 0. The van der Waals surface area contributed by atoms with E-state index in [9.17, 15) is 0 Å². The van der Waals surface area contributed by atoms with Gasteiger partial charge in [-0.3, -0.25) is 0 Å². The van der Waals surface area contributed by atoms with Crippen LogP contribution < -0.4 is 0 Å². The van der Waals surface area contributed by atoms with Gasteiger partial charge >= 0.3 is 0 Å². The zero-order chi connectivity index (χ0) is 19.4. The van der Waals surface area contributed by atoms with Crippen LogP contribution in [0.1, 0.15) is 89.0 Å². The van der Waals surface area contributed by atoms with E-state index in [0.717, 1.165) is 15.2 Å². The van der Waals surface area contributed by atoms with Crippen LogP contribution in [0.3, 0.4) is 0 Å². The van der Waals surface area contributed by atoms with Crippen molar-refractivity contribution in [3.8, 4) is 0 Å². The number of benzene rings is 1. The first-order valence-corrected chi connectivity index (χ1v) is 15.4. The van der Waals surface area contributed by atoms with E-state index in [1.807, 2.05) is 0 Å². The quantitative estimate of drug-likeness (QED) is 0.126. The molecule has 0 bridgehead atoms. The van der Waals surface area contributed by atoms with Crippen molar-refractivity contribution in [2.45, 2.75) is 102 Å². The molecule has 0 spiro atoms. The first kappa shape index (κ1) is 25.1. The summed E-state index contributed by atoms with van der Waals surface area (Å²) in [5, 5.41) is 0. The number of rotatable bonds is 4. The zero-order valence-corrected chi connectivity index (χ0v) is 24.4. The molecular formula is C25H35I2PRu. The second kappa shape index (κ2) is 12.1. The molecule has 0 heterocycles. The Bertz CT molecular complexity index is 634. The maximum atomic E-state index is 3.02. The van der Waals surface area contributed by atoms with Gasteiger partial charge in [-0.1, -0.05) is 134 Å². The Morgan fingerprint density at radius 3 is 1.90 bits per heavy atom. The third kappa shape index (κ3) is 6.08. The molecule has 3 fully saturated rings. The molecule has 0 aromatic heterocycles. The van der Waals surface area contributed by atoms with E-state index in [1.54, 1.807) is 5.57 Å². The minimum Gasteiger partial charge on any atom is -0.0792 e. The topological polar surface area (TPSA) is 0 Å². The molecule has 1 aromatic carbocycles. The van der Waals surface area contributed by atoms with Crippen molar-refractivity contribution in [1.29, 1.82) is 0 Å². The summed E-state index contributed by atoms with van der Waals surface area (Å²) in [7, 11) is 0.0543. The first-order chi connectivity index (χ1) is 13.7. The number of hydrogen-bond donors (Lipinski definition) is 0. The van der Waals surface area contributed by atoms with E-state index in [-0.39, 0.29) is 27.4 Å². The van der Waals surface area contributed by atoms with Gasteiger partial charge in [-0.15, -0.1) is 0 Å². The van der Waals surface area contributed by atoms with E-state index in [4.69, 9.17) is 0 Å². The van der Waals surface area contributed by atoms with E-state index in [0.29, 0.717) is 3.16 Å². The molecule has 0 radical (unpaired) electrons. The van der Waals surface area contributed by atoms with Crippen LogP contribution in [0.2, 0.25) is 0 Å². The summed E-state index contributed by atoms with van der Waals surface area (Å²) in [4.78, 5) is 0. The van der Waals surface area contributed by atoms with Gasteiger partial charge in [-0.2, -0.15) is 0 Å². The Labute approximate surface area is 220 Å². The molecule has 1 aromatic rings. The van der Waals surface area contributed by atoms with Crippen molar-refractivity contribution in [2.75, 3.05) is 0 Å². The standard InChI is InChI=1S/C25H35I2P.Ru/c26-24-17-10-18-25(27,23(24)19-20-11-4-1-5-12-20)28(21-13-6-2-7-14-21)22-15-8-3-9-16-22;/h1,4-5,11-12,19,21-22,24H,2-3,6-10,13-18H2;. The van der Waals surface area contributed by atoms with Crippen LogP contribution in [0.4, 0.5) is 0 Å². The van der Waals surface area contributed by atoms with Crippen LogP contribution in [0, 0.1) is 0 Å². The van der Waals surface area contributed by atoms with Gasteiger partial charge in [0.05, 0.1) is 3.16 Å². The average molecular weight is 721 g/mol. The predicted molar refractivity (Wildman–Crippen MR) is 143 cm³/mol. The van der Waals surface area contributed by atoms with Crippen molar-refractivity contribution >= 4 is 59.2 Å². The second-order valence-electron chi connectivity index (χ2n) is 9.12. The summed E-state index contributed by atoms with van der Waals surface area (Å²) in [5.74, 6) is 0. The average Bonchev–Trinajstić information content (AvgIpc) is 2.73. The van der Waals surface area contributed by atoms with Crippen LogP contribution in [-0.2, 0) is 19.5 Å². The molecule has 29 heavy (non-hydrogen) atoms. The van der Waals surface area contributed by atoms with Crippen LogP contribution in [0.25, 0.3) is 6.08 Å². The monoisotopic (exact) mass is 722 g/mol. The Balaban J connectivity index is 0.00000240. The normalized spacial score (nSPS) is 31.0. The van der Waals surface area contributed by atoms with E-state index < -0.39 is 0 Å². The molecule has 162 valence electrons. The Morgan fingerprint density at radius 2 is 1.34 bits per heavy atom. The molecule has 4 heteroatoms. The molecule has 0 N–H and O–H groups in total. The molecule has 0 saturated heterocycles. The van der Waals surface area contributed by atoms with Gasteiger partial charge < -0.3 is 0 Å². The molecule has 2 unspecified atom stereocenters. The summed E-state index contributed by atoms with van der Waals surface area (Å²) >= 11 is 5.80. The van der Waals surface area contributed by atoms with Gasteiger partial charge in [0, 0.05) is 23.4 Å². The maximum Gasteiger partial charge on any atom is 0.0643 e. The van der Waals surface area contributed by atoms with Crippen molar-refractivity contribution in [1.82, 2.24) is 0 Å². The minimum atomic E-state index is 0. The third-order valence-corrected chi connectivity index (χ3v) is 15.2. The third-order valence-electron chi connectivity index (χ3n) is 7.21. The predicted octanol–water partition coefficient (Wildman–Crippen LogP) is 9.33. The molecule has 3 aliphatic carbocycles. The zero-order valence-electron chi connectivity index (χ0n) is 17.4. The number of alkyl halides is 2. The molecule has 0 aliphatic heterocycles. The fraction of sp³-hybridized carbons (Fsp3) is 0.680. The van der Waals surface area contributed by atoms with E-state index >= 15 is 0 Å². The molecule has 0 nitrogen and oxygen atoms in total. The van der Waals surface area contributed by atoms with Crippen LogP contribution in [0.15, 0.2) is 35.9 Å². The van der Waals surface area contributed by atoms with Crippen LogP contribution in [-0.4, -0.2) is 18.4 Å². The van der Waals surface area contributed by atoms with E-state index in [1.165, 1.54) is 89.0 Å². The SMILES string of the molecule is IC1CCCC(I)(P(C2CCCCC2)C2CCCCC2)C1=Cc1ccccc1.[Ru]. The van der Waals surface area contributed by atoms with Crippen molar-refractivity contribution in [3.63, 3.8) is 0 Å².